The van der Waals surface area contributed by atoms with Gasteiger partial charge in [-0.05, 0) is 62.0 Å². The number of rotatable bonds is 12. The van der Waals surface area contributed by atoms with Crippen LogP contribution < -0.4 is 25.4 Å². The Kier molecular flexibility index (Phi) is 11.0. The van der Waals surface area contributed by atoms with Crippen molar-refractivity contribution >= 4 is 35.3 Å². The number of ether oxygens (including phenoxy) is 3. The second-order valence-corrected chi connectivity index (χ2v) is 15.1. The first-order valence-electron chi connectivity index (χ1n) is 17.5. The van der Waals surface area contributed by atoms with Crippen molar-refractivity contribution in [1.29, 1.82) is 0 Å². The highest BCUT2D eigenvalue weighted by Crippen LogP contribution is 2.42. The number of ketones is 1. The van der Waals surface area contributed by atoms with Crippen molar-refractivity contribution < 1.29 is 43.0 Å². The second-order valence-electron chi connectivity index (χ2n) is 15.1. The maximum Gasteiger partial charge on any atom is 0.408 e. The van der Waals surface area contributed by atoms with E-state index in [1.165, 1.54) is 11.9 Å². The summed E-state index contributed by atoms with van der Waals surface area (Å²) in [5.41, 5.74) is 0.276. The fourth-order valence-electron chi connectivity index (χ4n) is 7.15. The Balaban J connectivity index is 1.43. The molecule has 4 aliphatic rings. The van der Waals surface area contributed by atoms with E-state index in [0.717, 1.165) is 44.1 Å². The van der Waals surface area contributed by atoms with Gasteiger partial charge >= 0.3 is 6.09 Å². The number of amides is 4. The lowest BCUT2D eigenvalue weighted by Gasteiger charge is -2.35. The lowest BCUT2D eigenvalue weighted by Crippen LogP contribution is -2.59. The van der Waals surface area contributed by atoms with E-state index in [1.807, 2.05) is 33.8 Å². The first-order chi connectivity index (χ1) is 23.7. The minimum absolute atomic E-state index is 0.0169. The molecule has 50 heavy (non-hydrogen) atoms. The Morgan fingerprint density at radius 2 is 1.70 bits per heavy atom. The third-order valence-corrected chi connectivity index (χ3v) is 10.2. The molecule has 14 nitrogen and oxygen atoms in total. The van der Waals surface area contributed by atoms with Crippen molar-refractivity contribution in [3.05, 3.63) is 23.3 Å². The van der Waals surface area contributed by atoms with E-state index in [1.54, 1.807) is 20.3 Å². The topological polar surface area (TPSA) is 174 Å². The number of carbonyl (C=O) groups excluding carboxylic acids is 5. The van der Waals surface area contributed by atoms with Gasteiger partial charge in [0.25, 0.3) is 5.91 Å². The average Bonchev–Trinajstić information content (AvgIpc) is 3.42. The number of nitrogens with one attached hydrogen (secondary N) is 3. The summed E-state index contributed by atoms with van der Waals surface area (Å²) >= 11 is 0. The minimum Gasteiger partial charge on any atom is -0.496 e. The molecule has 0 aromatic heterocycles. The summed E-state index contributed by atoms with van der Waals surface area (Å²) in [6.07, 6.45) is 5.04. The third kappa shape index (κ3) is 8.15. The highest BCUT2D eigenvalue weighted by Gasteiger charge is 2.56. The van der Waals surface area contributed by atoms with Gasteiger partial charge in [0, 0.05) is 31.5 Å². The molecule has 2 heterocycles. The lowest BCUT2D eigenvalue weighted by atomic mass is 9.85. The molecule has 4 atom stereocenters. The molecule has 0 unspecified atom stereocenters. The standard InChI is InChI=1S/C36H51N5O9/c1-20-14-23(28(48-7)16-27(20)47-6)25-17-36(50-40-25)18-26(31(43)38-24(15-21-12-13-21)29(42)32(44)37-5)41(19-36)33(45)30(35(2,3)4)39-34(46)49-22-10-8-9-11-22/h14,16,21-22,24,26,30H,8-13,15,17-19H2,1-7H3,(H,37,44)(H,38,43)(H,39,46)/t24-,26-,30+,36+/m0/s1. The van der Waals surface area contributed by atoms with Crippen molar-refractivity contribution in [3.63, 3.8) is 0 Å². The molecular formula is C36H51N5O9. The van der Waals surface area contributed by atoms with Gasteiger partial charge in [0.15, 0.2) is 5.60 Å². The number of hydrogen-bond acceptors (Lipinski definition) is 10. The van der Waals surface area contributed by atoms with E-state index in [4.69, 9.17) is 19.0 Å². The number of methoxy groups -OCH3 is 2. The van der Waals surface area contributed by atoms with E-state index < -0.39 is 58.7 Å². The Morgan fingerprint density at radius 3 is 2.30 bits per heavy atom. The normalized spacial score (nSPS) is 23.1. The van der Waals surface area contributed by atoms with Gasteiger partial charge in [0.2, 0.25) is 17.6 Å². The van der Waals surface area contributed by atoms with Crippen LogP contribution in [0.2, 0.25) is 0 Å². The predicted molar refractivity (Wildman–Crippen MR) is 183 cm³/mol. The van der Waals surface area contributed by atoms with Crippen LogP contribution in [0, 0.1) is 18.3 Å². The van der Waals surface area contributed by atoms with Crippen molar-refractivity contribution in [1.82, 2.24) is 20.9 Å². The van der Waals surface area contributed by atoms with Crippen LogP contribution in [0.15, 0.2) is 17.3 Å². The number of alkyl carbamates (subject to hydrolysis) is 1. The molecule has 1 spiro atoms. The second kappa shape index (κ2) is 14.9. The highest BCUT2D eigenvalue weighted by atomic mass is 16.7. The van der Waals surface area contributed by atoms with Crippen molar-refractivity contribution in [3.8, 4) is 11.5 Å². The summed E-state index contributed by atoms with van der Waals surface area (Å²) in [5, 5.41) is 12.4. The van der Waals surface area contributed by atoms with Crippen LogP contribution in [-0.2, 0) is 28.8 Å². The lowest BCUT2D eigenvalue weighted by molar-refractivity contribution is -0.144. The van der Waals surface area contributed by atoms with Gasteiger partial charge in [-0.3, -0.25) is 19.2 Å². The van der Waals surface area contributed by atoms with Crippen LogP contribution in [0.5, 0.6) is 11.5 Å². The van der Waals surface area contributed by atoms with Gasteiger partial charge in [-0.2, -0.15) is 0 Å². The van der Waals surface area contributed by atoms with Gasteiger partial charge in [0.1, 0.15) is 29.7 Å². The molecule has 0 radical (unpaired) electrons. The number of oxime groups is 1. The number of carbonyl (C=O) groups is 5. The number of Topliss-reactive ketones (excluding diaryl/α,β-unsaturated/α-hetero) is 1. The van der Waals surface area contributed by atoms with Crippen molar-refractivity contribution in [2.45, 2.75) is 115 Å². The zero-order chi connectivity index (χ0) is 36.4. The number of likely N-dealkylation sites (tertiary alicyclic amines) is 1. The van der Waals surface area contributed by atoms with Gasteiger partial charge in [-0.15, -0.1) is 0 Å². The Bertz CT molecular complexity index is 1530. The highest BCUT2D eigenvalue weighted by molar-refractivity contribution is 6.38. The predicted octanol–water partition coefficient (Wildman–Crippen LogP) is 3.16. The van der Waals surface area contributed by atoms with Gasteiger partial charge in [0.05, 0.1) is 32.5 Å². The van der Waals surface area contributed by atoms with Crippen LogP contribution >= 0.6 is 0 Å². The summed E-state index contributed by atoms with van der Waals surface area (Å²) in [6.45, 7) is 7.36. The molecule has 3 N–H and O–H groups in total. The quantitative estimate of drug-likeness (QED) is 0.277. The summed E-state index contributed by atoms with van der Waals surface area (Å²) in [5.74, 6) is -1.23. The van der Waals surface area contributed by atoms with Crippen LogP contribution in [-0.4, -0.2) is 97.9 Å². The van der Waals surface area contributed by atoms with E-state index in [-0.39, 0.29) is 31.4 Å². The first-order valence-corrected chi connectivity index (χ1v) is 17.5. The molecule has 2 aliphatic heterocycles. The number of nitrogens with zero attached hydrogens (tertiary/aromatic N) is 2. The molecule has 5 rings (SSSR count). The fraction of sp³-hybridized carbons (Fsp3) is 0.667. The third-order valence-electron chi connectivity index (χ3n) is 10.2. The van der Waals surface area contributed by atoms with E-state index in [0.29, 0.717) is 29.2 Å². The maximum absolute atomic E-state index is 14.6. The largest absolute Gasteiger partial charge is 0.496 e. The molecule has 3 fully saturated rings. The summed E-state index contributed by atoms with van der Waals surface area (Å²) in [4.78, 5) is 74.8. The summed E-state index contributed by atoms with van der Waals surface area (Å²) < 4.78 is 16.8. The van der Waals surface area contributed by atoms with Crippen molar-refractivity contribution in [2.75, 3.05) is 27.8 Å². The Hall–Kier alpha value is -4.36. The zero-order valence-corrected chi connectivity index (χ0v) is 30.2. The molecule has 14 heteroatoms. The molecular weight excluding hydrogens is 646 g/mol. The van der Waals surface area contributed by atoms with Crippen LogP contribution in [0.3, 0.4) is 0 Å². The molecule has 274 valence electrons. The molecule has 1 aromatic carbocycles. The minimum atomic E-state index is -1.09. The molecule has 1 saturated heterocycles. The molecule has 4 amide bonds. The number of aryl methyl sites for hydroxylation is 1. The average molecular weight is 698 g/mol. The fourth-order valence-corrected chi connectivity index (χ4v) is 7.15. The van der Waals surface area contributed by atoms with Crippen LogP contribution in [0.1, 0.15) is 89.7 Å². The van der Waals surface area contributed by atoms with Gasteiger partial charge in [-0.1, -0.05) is 38.8 Å². The van der Waals surface area contributed by atoms with Crippen LogP contribution in [0.4, 0.5) is 4.79 Å². The van der Waals surface area contributed by atoms with Crippen molar-refractivity contribution in [2.24, 2.45) is 16.5 Å². The number of benzene rings is 1. The summed E-state index contributed by atoms with van der Waals surface area (Å²) in [7, 11) is 4.49. The smallest absolute Gasteiger partial charge is 0.408 e. The number of likely N-dealkylation sites (N-methyl/N-ethyl adjacent to an activating group) is 1. The Labute approximate surface area is 293 Å². The first kappa shape index (κ1) is 36.9. The van der Waals surface area contributed by atoms with Gasteiger partial charge in [-0.25, -0.2) is 4.79 Å². The van der Waals surface area contributed by atoms with E-state index in [9.17, 15) is 24.0 Å². The molecule has 2 aliphatic carbocycles. The molecule has 1 aromatic rings. The summed E-state index contributed by atoms with van der Waals surface area (Å²) in [6, 6.07) is 0.468. The monoisotopic (exact) mass is 697 g/mol. The zero-order valence-electron chi connectivity index (χ0n) is 30.2. The van der Waals surface area contributed by atoms with Crippen LogP contribution in [0.25, 0.3) is 0 Å². The van der Waals surface area contributed by atoms with Gasteiger partial charge < -0.3 is 39.9 Å². The van der Waals surface area contributed by atoms with E-state index >= 15 is 0 Å². The molecule has 0 bridgehead atoms. The maximum atomic E-state index is 14.6. The SMILES string of the molecule is CNC(=O)C(=O)[C@H](CC1CC1)NC(=O)[C@@H]1C[C@]2(CC(c3cc(C)c(OC)cc3OC)=NO2)CN1C(=O)[C@@H](NC(=O)OC1CCCC1)C(C)(C)C. The number of hydrogen-bond donors (Lipinski definition) is 3. The Morgan fingerprint density at radius 1 is 1.02 bits per heavy atom. The van der Waals surface area contributed by atoms with E-state index in [2.05, 4.69) is 21.1 Å². The molecule has 2 saturated carbocycles.